The van der Waals surface area contributed by atoms with Crippen molar-refractivity contribution < 1.29 is 17.0 Å². The van der Waals surface area contributed by atoms with E-state index in [9.17, 15) is 12.3 Å². The normalized spacial score (nSPS) is 14.6. The molecule has 2 rings (SSSR count). The summed E-state index contributed by atoms with van der Waals surface area (Å²) in [5.41, 5.74) is 2.19. The quantitative estimate of drug-likeness (QED) is 0.759. The second-order valence-electron chi connectivity index (χ2n) is 3.89. The molecule has 0 N–H and O–H groups in total. The van der Waals surface area contributed by atoms with E-state index in [2.05, 4.69) is 0 Å². The van der Waals surface area contributed by atoms with Gasteiger partial charge in [-0.25, -0.2) is 0 Å². The van der Waals surface area contributed by atoms with Crippen LogP contribution in [0.3, 0.4) is 0 Å². The minimum Gasteiger partial charge on any atom is -0.493 e. The summed E-state index contributed by atoms with van der Waals surface area (Å²) in [5, 5.41) is 0. The van der Waals surface area contributed by atoms with Gasteiger partial charge in [-0.3, -0.25) is 0 Å². The zero-order valence-electron chi connectivity index (χ0n) is 8.78. The highest BCUT2D eigenvalue weighted by molar-refractivity contribution is 7.86. The van der Waals surface area contributed by atoms with Crippen molar-refractivity contribution in [2.75, 3.05) is 12.4 Å². The van der Waals surface area contributed by atoms with E-state index >= 15 is 0 Å². The van der Waals surface area contributed by atoms with Gasteiger partial charge in [0.2, 0.25) is 0 Å². The molecule has 1 aliphatic rings. The number of fused-ring (bicyclic) bond motifs is 1. The molecule has 0 saturated carbocycles. The van der Waals surface area contributed by atoms with Gasteiger partial charge in [0.25, 0.3) is 0 Å². The van der Waals surface area contributed by atoms with Gasteiger partial charge < -0.3 is 4.74 Å². The maximum atomic E-state index is 12.3. The topological polar surface area (TPSA) is 43.4 Å². The van der Waals surface area contributed by atoms with E-state index in [4.69, 9.17) is 4.74 Å². The lowest BCUT2D eigenvalue weighted by molar-refractivity contribution is 0.357. The monoisotopic (exact) mass is 244 g/mol. The maximum absolute atomic E-state index is 12.3. The van der Waals surface area contributed by atoms with Crippen molar-refractivity contribution in [2.45, 2.75) is 19.3 Å². The van der Waals surface area contributed by atoms with Gasteiger partial charge in [-0.05, 0) is 30.0 Å². The van der Waals surface area contributed by atoms with Crippen LogP contribution < -0.4 is 4.74 Å². The lowest BCUT2D eigenvalue weighted by atomic mass is 10.1. The maximum Gasteiger partial charge on any atom is 0.302 e. The molecule has 0 unspecified atom stereocenters. The van der Waals surface area contributed by atoms with Crippen LogP contribution >= 0.6 is 0 Å². The second-order valence-corrected chi connectivity index (χ2v) is 5.37. The average Bonchev–Trinajstić information content (AvgIpc) is 2.62. The summed E-state index contributed by atoms with van der Waals surface area (Å²) >= 11 is 0. The molecule has 16 heavy (non-hydrogen) atoms. The summed E-state index contributed by atoms with van der Waals surface area (Å²) in [7, 11) is -4.33. The van der Waals surface area contributed by atoms with Crippen LogP contribution in [0.1, 0.15) is 17.5 Å². The Kier molecular flexibility index (Phi) is 3.14. The minimum absolute atomic E-state index is 0.318. The Morgan fingerprint density at radius 3 is 2.94 bits per heavy atom. The van der Waals surface area contributed by atoms with Crippen molar-refractivity contribution >= 4 is 10.2 Å². The standard InChI is InChI=1S/C11H13FO3S/c12-16(13,14)7-1-2-9-3-4-11-10(8-9)5-6-15-11/h3-4,8H,1-2,5-7H2. The molecule has 88 valence electrons. The lowest BCUT2D eigenvalue weighted by Gasteiger charge is -2.03. The number of rotatable bonds is 4. The number of halogens is 1. The van der Waals surface area contributed by atoms with E-state index in [1.807, 2.05) is 18.2 Å². The molecular formula is C11H13FO3S. The van der Waals surface area contributed by atoms with Gasteiger partial charge in [0.15, 0.2) is 0 Å². The molecule has 1 aromatic rings. The van der Waals surface area contributed by atoms with Crippen molar-refractivity contribution in [3.8, 4) is 5.75 Å². The Morgan fingerprint density at radius 1 is 1.38 bits per heavy atom. The molecule has 0 radical (unpaired) electrons. The first-order valence-corrected chi connectivity index (χ1v) is 6.77. The Morgan fingerprint density at radius 2 is 2.19 bits per heavy atom. The van der Waals surface area contributed by atoms with Crippen molar-refractivity contribution in [3.05, 3.63) is 29.3 Å². The number of ether oxygens (including phenoxy) is 1. The van der Waals surface area contributed by atoms with Crippen molar-refractivity contribution in [3.63, 3.8) is 0 Å². The summed E-state index contributed by atoms with van der Waals surface area (Å²) in [6.45, 7) is 0.706. The third-order valence-corrected chi connectivity index (χ3v) is 3.38. The average molecular weight is 244 g/mol. The molecule has 1 aliphatic heterocycles. The first-order valence-electron chi connectivity index (χ1n) is 5.21. The van der Waals surface area contributed by atoms with Crippen molar-refractivity contribution in [2.24, 2.45) is 0 Å². The van der Waals surface area contributed by atoms with Crippen LogP contribution in [0.25, 0.3) is 0 Å². The fourth-order valence-corrected chi connectivity index (χ4v) is 2.33. The Hall–Kier alpha value is -1.10. The number of hydrogen-bond acceptors (Lipinski definition) is 3. The third-order valence-electron chi connectivity index (χ3n) is 2.61. The highest BCUT2D eigenvalue weighted by Crippen LogP contribution is 2.26. The van der Waals surface area contributed by atoms with Gasteiger partial charge in [0.05, 0.1) is 12.4 Å². The van der Waals surface area contributed by atoms with Gasteiger partial charge in [-0.1, -0.05) is 12.1 Å². The van der Waals surface area contributed by atoms with Gasteiger partial charge in [0, 0.05) is 6.42 Å². The SMILES string of the molecule is O=S(=O)(F)CCCc1ccc2c(c1)CCO2. The third kappa shape index (κ3) is 2.95. The van der Waals surface area contributed by atoms with E-state index in [1.165, 1.54) is 0 Å². The summed E-state index contributed by atoms with van der Waals surface area (Å²) in [6.07, 6.45) is 1.79. The summed E-state index contributed by atoms with van der Waals surface area (Å²) in [6, 6.07) is 5.80. The molecule has 0 saturated heterocycles. The molecule has 0 spiro atoms. The van der Waals surface area contributed by atoms with E-state index < -0.39 is 16.0 Å². The molecule has 0 fully saturated rings. The largest absolute Gasteiger partial charge is 0.493 e. The Bertz CT molecular complexity index is 482. The zero-order valence-corrected chi connectivity index (χ0v) is 9.60. The highest BCUT2D eigenvalue weighted by atomic mass is 32.3. The summed E-state index contributed by atoms with van der Waals surface area (Å²) in [4.78, 5) is 0. The molecule has 0 bridgehead atoms. The van der Waals surface area contributed by atoms with Crippen LogP contribution in [0.2, 0.25) is 0 Å². The summed E-state index contributed by atoms with van der Waals surface area (Å²) < 4.78 is 38.3. The van der Waals surface area contributed by atoms with Crippen LogP contribution in [0, 0.1) is 0 Å². The number of benzene rings is 1. The molecule has 5 heteroatoms. The molecule has 0 atom stereocenters. The molecule has 0 amide bonds. The highest BCUT2D eigenvalue weighted by Gasteiger charge is 2.12. The van der Waals surface area contributed by atoms with Crippen LogP contribution in [-0.4, -0.2) is 20.8 Å². The first-order chi connectivity index (χ1) is 7.54. The predicted molar refractivity (Wildman–Crippen MR) is 58.9 cm³/mol. The molecule has 3 nitrogen and oxygen atoms in total. The van der Waals surface area contributed by atoms with E-state index in [1.54, 1.807) is 0 Å². The van der Waals surface area contributed by atoms with Gasteiger partial charge in [-0.15, -0.1) is 3.89 Å². The Labute approximate surface area is 94.5 Å². The Balaban J connectivity index is 1.95. The number of aryl methyl sites for hydroxylation is 1. The van der Waals surface area contributed by atoms with Crippen molar-refractivity contribution in [1.29, 1.82) is 0 Å². The van der Waals surface area contributed by atoms with Gasteiger partial charge >= 0.3 is 10.2 Å². The van der Waals surface area contributed by atoms with Crippen LogP contribution in [-0.2, 0) is 23.1 Å². The fourth-order valence-electron chi connectivity index (χ4n) is 1.84. The molecular weight excluding hydrogens is 231 g/mol. The smallest absolute Gasteiger partial charge is 0.302 e. The predicted octanol–water partition coefficient (Wildman–Crippen LogP) is 1.85. The van der Waals surface area contributed by atoms with Crippen molar-refractivity contribution in [1.82, 2.24) is 0 Å². The van der Waals surface area contributed by atoms with Crippen LogP contribution in [0.5, 0.6) is 5.75 Å². The van der Waals surface area contributed by atoms with Gasteiger partial charge in [0.1, 0.15) is 5.75 Å². The molecule has 1 heterocycles. The van der Waals surface area contributed by atoms with Crippen LogP contribution in [0.15, 0.2) is 18.2 Å². The van der Waals surface area contributed by atoms with E-state index in [0.29, 0.717) is 19.4 Å². The van der Waals surface area contributed by atoms with E-state index in [0.717, 1.165) is 23.3 Å². The summed E-state index contributed by atoms with van der Waals surface area (Å²) in [5.74, 6) is 0.502. The van der Waals surface area contributed by atoms with Gasteiger partial charge in [-0.2, -0.15) is 8.42 Å². The second kappa shape index (κ2) is 4.41. The number of hydrogen-bond donors (Lipinski definition) is 0. The molecule has 0 aromatic heterocycles. The minimum atomic E-state index is -4.33. The zero-order chi connectivity index (χ0) is 11.6. The van der Waals surface area contributed by atoms with E-state index in [-0.39, 0.29) is 0 Å². The lowest BCUT2D eigenvalue weighted by Crippen LogP contribution is -2.00. The first kappa shape index (κ1) is 11.4. The van der Waals surface area contributed by atoms with Crippen LogP contribution in [0.4, 0.5) is 3.89 Å². The molecule has 1 aromatic carbocycles. The molecule has 0 aliphatic carbocycles. The fraction of sp³-hybridized carbons (Fsp3) is 0.455.